The van der Waals surface area contributed by atoms with Gasteiger partial charge in [0.2, 0.25) is 0 Å². The lowest BCUT2D eigenvalue weighted by Gasteiger charge is -2.00. The molecule has 0 atom stereocenters. The Bertz CT molecular complexity index is 748. The summed E-state index contributed by atoms with van der Waals surface area (Å²) in [4.78, 5) is 17.4. The van der Waals surface area contributed by atoms with Crippen LogP contribution in [0.25, 0.3) is 10.4 Å². The molecule has 0 saturated carbocycles. The maximum atomic E-state index is 12.1. The van der Waals surface area contributed by atoms with Crippen LogP contribution < -0.4 is 5.32 Å². The Morgan fingerprint density at radius 3 is 2.48 bits per heavy atom. The van der Waals surface area contributed by atoms with Crippen LogP contribution in [0.5, 0.6) is 0 Å². The lowest BCUT2D eigenvalue weighted by molar-refractivity contribution is 0.102. The molecule has 0 radical (unpaired) electrons. The Labute approximate surface area is 127 Å². The van der Waals surface area contributed by atoms with Gasteiger partial charge in [-0.1, -0.05) is 59.4 Å². The fourth-order valence-electron chi connectivity index (χ4n) is 1.94. The van der Waals surface area contributed by atoms with E-state index < -0.39 is 0 Å². The van der Waals surface area contributed by atoms with Gasteiger partial charge in [0.1, 0.15) is 0 Å². The summed E-state index contributed by atoms with van der Waals surface area (Å²) in [5.74, 6) is -0.139. The Morgan fingerprint density at radius 1 is 1.05 bits per heavy atom. The molecule has 4 heteroatoms. The third-order valence-corrected chi connectivity index (χ3v) is 4.06. The molecule has 104 valence electrons. The molecule has 1 heterocycles. The molecule has 1 amide bonds. The second-order valence-electron chi connectivity index (χ2n) is 4.72. The van der Waals surface area contributed by atoms with E-state index in [0.717, 1.165) is 10.4 Å². The van der Waals surface area contributed by atoms with Gasteiger partial charge in [-0.15, -0.1) is 0 Å². The summed E-state index contributed by atoms with van der Waals surface area (Å²) >= 11 is 1.47. The Balaban J connectivity index is 1.76. The fourth-order valence-corrected chi connectivity index (χ4v) is 2.76. The minimum absolute atomic E-state index is 0.139. The predicted octanol–water partition coefficient (Wildman–Crippen LogP) is 4.37. The zero-order valence-corrected chi connectivity index (χ0v) is 12.4. The van der Waals surface area contributed by atoms with E-state index in [1.807, 2.05) is 18.2 Å². The molecule has 0 spiro atoms. The van der Waals surface area contributed by atoms with Crippen LogP contribution in [0.2, 0.25) is 0 Å². The number of nitrogens with zero attached hydrogens (tertiary/aromatic N) is 1. The van der Waals surface area contributed by atoms with Gasteiger partial charge in [-0.05, 0) is 24.6 Å². The maximum absolute atomic E-state index is 12.1. The largest absolute Gasteiger partial charge is 0.298 e. The number of nitrogens with one attached hydrogen (secondary N) is 1. The first-order chi connectivity index (χ1) is 10.2. The van der Waals surface area contributed by atoms with E-state index in [9.17, 15) is 4.79 Å². The van der Waals surface area contributed by atoms with Crippen LogP contribution >= 0.6 is 11.3 Å². The van der Waals surface area contributed by atoms with Crippen molar-refractivity contribution in [2.75, 3.05) is 5.32 Å². The summed E-state index contributed by atoms with van der Waals surface area (Å²) in [6.45, 7) is 2.06. The molecule has 2 aromatic carbocycles. The summed E-state index contributed by atoms with van der Waals surface area (Å²) in [6.07, 6.45) is 1.79. The number of anilines is 1. The van der Waals surface area contributed by atoms with Crippen molar-refractivity contribution in [1.29, 1.82) is 0 Å². The fraction of sp³-hybridized carbons (Fsp3) is 0.0588. The van der Waals surface area contributed by atoms with Crippen LogP contribution in [-0.4, -0.2) is 10.9 Å². The van der Waals surface area contributed by atoms with Gasteiger partial charge >= 0.3 is 0 Å². The van der Waals surface area contributed by atoms with Gasteiger partial charge < -0.3 is 0 Å². The van der Waals surface area contributed by atoms with E-state index in [-0.39, 0.29) is 5.91 Å². The molecule has 0 aliphatic heterocycles. The van der Waals surface area contributed by atoms with Crippen molar-refractivity contribution in [3.63, 3.8) is 0 Å². The van der Waals surface area contributed by atoms with Crippen molar-refractivity contribution < 1.29 is 4.79 Å². The highest BCUT2D eigenvalue weighted by atomic mass is 32.1. The predicted molar refractivity (Wildman–Crippen MR) is 86.7 cm³/mol. The number of carbonyl (C=O) groups excluding carboxylic acids is 1. The third-order valence-electron chi connectivity index (χ3n) is 3.10. The highest BCUT2D eigenvalue weighted by Crippen LogP contribution is 2.29. The number of carbonyl (C=O) groups is 1. The van der Waals surface area contributed by atoms with E-state index >= 15 is 0 Å². The van der Waals surface area contributed by atoms with Crippen molar-refractivity contribution in [2.24, 2.45) is 0 Å². The number of aryl methyl sites for hydroxylation is 1. The summed E-state index contributed by atoms with van der Waals surface area (Å²) in [7, 11) is 0. The summed E-state index contributed by atoms with van der Waals surface area (Å²) in [5, 5.41) is 3.44. The van der Waals surface area contributed by atoms with Crippen LogP contribution in [-0.2, 0) is 0 Å². The summed E-state index contributed by atoms with van der Waals surface area (Å²) in [5.41, 5.74) is 2.96. The molecule has 0 bridgehead atoms. The average Bonchev–Trinajstić information content (AvgIpc) is 2.97. The summed E-state index contributed by atoms with van der Waals surface area (Å²) in [6, 6.07) is 17.4. The van der Waals surface area contributed by atoms with E-state index in [4.69, 9.17) is 0 Å². The van der Waals surface area contributed by atoms with Crippen LogP contribution in [0, 0.1) is 6.92 Å². The van der Waals surface area contributed by atoms with Gasteiger partial charge in [-0.2, -0.15) is 0 Å². The highest BCUT2D eigenvalue weighted by Gasteiger charge is 2.09. The molecule has 21 heavy (non-hydrogen) atoms. The minimum atomic E-state index is -0.139. The molecule has 0 aliphatic rings. The van der Waals surface area contributed by atoms with E-state index in [1.165, 1.54) is 16.9 Å². The lowest BCUT2D eigenvalue weighted by Crippen LogP contribution is -2.11. The quantitative estimate of drug-likeness (QED) is 0.779. The van der Waals surface area contributed by atoms with E-state index in [1.54, 1.807) is 18.3 Å². The Hall–Kier alpha value is -2.46. The van der Waals surface area contributed by atoms with E-state index in [2.05, 4.69) is 41.5 Å². The average molecular weight is 294 g/mol. The SMILES string of the molecule is Cc1ccc(-c2cnc(NC(=O)c3ccccc3)s2)cc1. The topological polar surface area (TPSA) is 42.0 Å². The molecule has 0 aliphatic carbocycles. The zero-order chi connectivity index (χ0) is 14.7. The molecule has 0 saturated heterocycles. The zero-order valence-electron chi connectivity index (χ0n) is 11.5. The number of aromatic nitrogens is 1. The van der Waals surface area contributed by atoms with Crippen LogP contribution in [0.4, 0.5) is 5.13 Å². The van der Waals surface area contributed by atoms with Gasteiger partial charge in [-0.25, -0.2) is 4.98 Å². The normalized spacial score (nSPS) is 10.3. The van der Waals surface area contributed by atoms with Gasteiger partial charge in [0.25, 0.3) is 5.91 Å². The number of thiazole rings is 1. The maximum Gasteiger partial charge on any atom is 0.257 e. The molecule has 1 N–H and O–H groups in total. The van der Waals surface area contributed by atoms with Crippen LogP contribution in [0.3, 0.4) is 0 Å². The Kier molecular flexibility index (Phi) is 3.79. The summed E-state index contributed by atoms with van der Waals surface area (Å²) < 4.78 is 0. The number of amides is 1. The van der Waals surface area contributed by atoms with Gasteiger partial charge in [0.05, 0.1) is 4.88 Å². The Morgan fingerprint density at radius 2 is 1.76 bits per heavy atom. The smallest absolute Gasteiger partial charge is 0.257 e. The third kappa shape index (κ3) is 3.17. The number of rotatable bonds is 3. The van der Waals surface area contributed by atoms with E-state index in [0.29, 0.717) is 10.7 Å². The number of hydrogen-bond donors (Lipinski definition) is 1. The molecule has 1 aromatic heterocycles. The van der Waals surface area contributed by atoms with Crippen molar-refractivity contribution in [1.82, 2.24) is 4.98 Å². The van der Waals surface area contributed by atoms with Crippen molar-refractivity contribution in [3.05, 3.63) is 71.9 Å². The standard InChI is InChI=1S/C17H14N2OS/c1-12-7-9-13(10-8-12)15-11-18-17(21-15)19-16(20)14-5-3-2-4-6-14/h2-11H,1H3,(H,18,19,20). The van der Waals surface area contributed by atoms with Gasteiger partial charge in [-0.3, -0.25) is 10.1 Å². The molecular formula is C17H14N2OS. The highest BCUT2D eigenvalue weighted by molar-refractivity contribution is 7.19. The second kappa shape index (κ2) is 5.89. The minimum Gasteiger partial charge on any atom is -0.298 e. The first-order valence-electron chi connectivity index (χ1n) is 6.61. The molecule has 3 aromatic rings. The second-order valence-corrected chi connectivity index (χ2v) is 5.75. The molecule has 0 fully saturated rings. The van der Waals surface area contributed by atoms with Gasteiger partial charge in [0.15, 0.2) is 5.13 Å². The molecule has 3 rings (SSSR count). The van der Waals surface area contributed by atoms with Crippen LogP contribution in [0.1, 0.15) is 15.9 Å². The van der Waals surface area contributed by atoms with Crippen LogP contribution in [0.15, 0.2) is 60.8 Å². The van der Waals surface area contributed by atoms with Crippen molar-refractivity contribution >= 4 is 22.4 Å². The first kappa shape index (κ1) is 13.5. The first-order valence-corrected chi connectivity index (χ1v) is 7.43. The van der Waals surface area contributed by atoms with Gasteiger partial charge in [0, 0.05) is 11.8 Å². The lowest BCUT2D eigenvalue weighted by atomic mass is 10.1. The number of hydrogen-bond acceptors (Lipinski definition) is 3. The number of benzene rings is 2. The molecule has 3 nitrogen and oxygen atoms in total. The monoisotopic (exact) mass is 294 g/mol. The molecule has 0 unspecified atom stereocenters. The molecular weight excluding hydrogens is 280 g/mol. The van der Waals surface area contributed by atoms with Crippen molar-refractivity contribution in [3.8, 4) is 10.4 Å². The van der Waals surface area contributed by atoms with Crippen molar-refractivity contribution in [2.45, 2.75) is 6.92 Å².